The molecule has 0 aliphatic carbocycles. The van der Waals surface area contributed by atoms with E-state index in [1.165, 1.54) is 0 Å². The second-order valence-corrected chi connectivity index (χ2v) is 5.25. The maximum atomic E-state index is 5.93. The normalized spacial score (nSPS) is 10.3. The van der Waals surface area contributed by atoms with Crippen molar-refractivity contribution in [2.45, 2.75) is 13.8 Å². The van der Waals surface area contributed by atoms with Crippen molar-refractivity contribution in [3.63, 3.8) is 0 Å². The van der Waals surface area contributed by atoms with Crippen molar-refractivity contribution in [1.82, 2.24) is 4.98 Å². The molecule has 0 saturated heterocycles. The second kappa shape index (κ2) is 5.48. The predicted molar refractivity (Wildman–Crippen MR) is 82.1 cm³/mol. The summed E-state index contributed by atoms with van der Waals surface area (Å²) in [6.07, 6.45) is 0. The summed E-state index contributed by atoms with van der Waals surface area (Å²) in [5.74, 6) is 1.14. The van der Waals surface area contributed by atoms with E-state index in [0.29, 0.717) is 17.4 Å². The molecule has 4 nitrogen and oxygen atoms in total. The van der Waals surface area contributed by atoms with Gasteiger partial charge in [0.15, 0.2) is 5.82 Å². The maximum Gasteiger partial charge on any atom is 0.215 e. The minimum Gasteiger partial charge on any atom is -0.481 e. The lowest BCUT2D eigenvalue weighted by Crippen LogP contribution is -2.03. The van der Waals surface area contributed by atoms with E-state index in [2.05, 4.69) is 26.2 Å². The monoisotopic (exact) mass is 321 g/mol. The van der Waals surface area contributed by atoms with Crippen molar-refractivity contribution in [3.8, 4) is 5.88 Å². The molecule has 0 atom stereocenters. The van der Waals surface area contributed by atoms with Gasteiger partial charge in [-0.05, 0) is 43.2 Å². The average molecular weight is 322 g/mol. The summed E-state index contributed by atoms with van der Waals surface area (Å²) in [5, 5.41) is 3.27. The van der Waals surface area contributed by atoms with E-state index in [9.17, 15) is 0 Å². The van der Waals surface area contributed by atoms with E-state index in [1.807, 2.05) is 26.0 Å². The Bertz CT molecular complexity index is 591. The largest absolute Gasteiger partial charge is 0.481 e. The average Bonchev–Trinajstić information content (AvgIpc) is 2.35. The number of hydrogen-bond acceptors (Lipinski definition) is 4. The minimum absolute atomic E-state index is 0.532. The number of benzene rings is 1. The summed E-state index contributed by atoms with van der Waals surface area (Å²) in [7, 11) is 1.58. The summed E-state index contributed by atoms with van der Waals surface area (Å²) in [6.45, 7) is 4.08. The van der Waals surface area contributed by atoms with Gasteiger partial charge in [0.05, 0.1) is 12.8 Å². The Hall–Kier alpha value is -1.75. The van der Waals surface area contributed by atoms with E-state index in [4.69, 9.17) is 10.5 Å². The highest BCUT2D eigenvalue weighted by Crippen LogP contribution is 2.30. The molecule has 3 N–H and O–H groups in total. The van der Waals surface area contributed by atoms with Crippen LogP contribution in [-0.2, 0) is 0 Å². The van der Waals surface area contributed by atoms with Gasteiger partial charge in [-0.15, -0.1) is 0 Å². The van der Waals surface area contributed by atoms with E-state index in [-0.39, 0.29) is 0 Å². The molecule has 1 heterocycles. The summed E-state index contributed by atoms with van der Waals surface area (Å²) in [5.41, 5.74) is 9.77. The van der Waals surface area contributed by atoms with Crippen LogP contribution in [0.25, 0.3) is 0 Å². The van der Waals surface area contributed by atoms with Gasteiger partial charge in [-0.2, -0.15) is 4.98 Å². The molecule has 2 aromatic rings. The topological polar surface area (TPSA) is 60.2 Å². The van der Waals surface area contributed by atoms with Crippen molar-refractivity contribution >= 4 is 33.1 Å². The molecular formula is C14H16BrN3O. The number of methoxy groups -OCH3 is 1. The van der Waals surface area contributed by atoms with Crippen molar-refractivity contribution in [1.29, 1.82) is 0 Å². The smallest absolute Gasteiger partial charge is 0.215 e. The molecule has 0 aliphatic rings. The molecule has 0 bridgehead atoms. The van der Waals surface area contributed by atoms with Crippen LogP contribution in [0.4, 0.5) is 17.2 Å². The Balaban J connectivity index is 2.41. The van der Waals surface area contributed by atoms with Crippen LogP contribution in [-0.4, -0.2) is 12.1 Å². The number of nitrogen functional groups attached to an aromatic ring is 1. The van der Waals surface area contributed by atoms with Crippen LogP contribution in [0.2, 0.25) is 0 Å². The SMILES string of the molecule is COc1ccc(N)c(Nc2c(C)cc(Br)cc2C)n1. The highest BCUT2D eigenvalue weighted by molar-refractivity contribution is 9.10. The Morgan fingerprint density at radius 2 is 1.84 bits per heavy atom. The van der Waals surface area contributed by atoms with Crippen LogP contribution in [0.5, 0.6) is 5.88 Å². The first-order chi connectivity index (χ1) is 9.01. The molecule has 0 amide bonds. The van der Waals surface area contributed by atoms with Gasteiger partial charge in [-0.25, -0.2) is 0 Å². The molecule has 1 aromatic heterocycles. The van der Waals surface area contributed by atoms with Gasteiger partial charge in [0.25, 0.3) is 0 Å². The lowest BCUT2D eigenvalue weighted by atomic mass is 10.1. The first-order valence-electron chi connectivity index (χ1n) is 5.85. The van der Waals surface area contributed by atoms with E-state index >= 15 is 0 Å². The zero-order chi connectivity index (χ0) is 14.0. The van der Waals surface area contributed by atoms with Crippen LogP contribution >= 0.6 is 15.9 Å². The number of nitrogens with one attached hydrogen (secondary N) is 1. The number of anilines is 3. The third-order valence-electron chi connectivity index (χ3n) is 2.85. The maximum absolute atomic E-state index is 5.93. The van der Waals surface area contributed by atoms with Crippen LogP contribution < -0.4 is 15.8 Å². The lowest BCUT2D eigenvalue weighted by Gasteiger charge is -2.14. The number of nitrogens with zero attached hydrogens (tertiary/aromatic N) is 1. The number of pyridine rings is 1. The number of ether oxygens (including phenoxy) is 1. The number of halogens is 1. The zero-order valence-electron chi connectivity index (χ0n) is 11.1. The lowest BCUT2D eigenvalue weighted by molar-refractivity contribution is 0.398. The first-order valence-corrected chi connectivity index (χ1v) is 6.65. The summed E-state index contributed by atoms with van der Waals surface area (Å²) in [4.78, 5) is 4.32. The molecule has 0 saturated carbocycles. The van der Waals surface area contributed by atoms with Crippen molar-refractivity contribution in [2.24, 2.45) is 0 Å². The number of rotatable bonds is 3. The quantitative estimate of drug-likeness (QED) is 0.902. The first kappa shape index (κ1) is 13.7. The number of aromatic nitrogens is 1. The molecule has 0 radical (unpaired) electrons. The molecule has 1 aromatic carbocycles. The molecule has 100 valence electrons. The molecule has 0 spiro atoms. The van der Waals surface area contributed by atoms with Crippen molar-refractivity contribution in [3.05, 3.63) is 39.9 Å². The van der Waals surface area contributed by atoms with E-state index in [0.717, 1.165) is 21.3 Å². The molecule has 0 fully saturated rings. The van der Waals surface area contributed by atoms with Gasteiger partial charge in [-0.1, -0.05) is 15.9 Å². The van der Waals surface area contributed by atoms with Gasteiger partial charge in [0.2, 0.25) is 5.88 Å². The highest BCUT2D eigenvalue weighted by Gasteiger charge is 2.08. The molecule has 0 aliphatic heterocycles. The fourth-order valence-electron chi connectivity index (χ4n) is 1.89. The fourth-order valence-corrected chi connectivity index (χ4v) is 2.58. The number of aryl methyl sites for hydroxylation is 2. The third-order valence-corrected chi connectivity index (χ3v) is 3.31. The van der Waals surface area contributed by atoms with Crippen LogP contribution in [0.3, 0.4) is 0 Å². The van der Waals surface area contributed by atoms with E-state index in [1.54, 1.807) is 19.2 Å². The molecule has 19 heavy (non-hydrogen) atoms. The fraction of sp³-hybridized carbons (Fsp3) is 0.214. The molecule has 0 unspecified atom stereocenters. The summed E-state index contributed by atoms with van der Waals surface area (Å²) < 4.78 is 6.17. The van der Waals surface area contributed by atoms with Gasteiger partial charge in [0, 0.05) is 16.2 Å². The van der Waals surface area contributed by atoms with Gasteiger partial charge in [0.1, 0.15) is 0 Å². The Labute approximate surface area is 121 Å². The van der Waals surface area contributed by atoms with Gasteiger partial charge >= 0.3 is 0 Å². The second-order valence-electron chi connectivity index (χ2n) is 4.33. The van der Waals surface area contributed by atoms with Crippen molar-refractivity contribution < 1.29 is 4.74 Å². The Morgan fingerprint density at radius 1 is 1.21 bits per heavy atom. The molecule has 5 heteroatoms. The van der Waals surface area contributed by atoms with Crippen LogP contribution in [0.1, 0.15) is 11.1 Å². The predicted octanol–water partition coefficient (Wildman–Crippen LogP) is 3.80. The van der Waals surface area contributed by atoms with Gasteiger partial charge < -0.3 is 15.8 Å². The summed E-state index contributed by atoms with van der Waals surface area (Å²) in [6, 6.07) is 7.61. The number of nitrogens with two attached hydrogens (primary N) is 1. The van der Waals surface area contributed by atoms with Crippen LogP contribution in [0, 0.1) is 13.8 Å². The summed E-state index contributed by atoms with van der Waals surface area (Å²) >= 11 is 3.48. The third kappa shape index (κ3) is 2.98. The van der Waals surface area contributed by atoms with E-state index < -0.39 is 0 Å². The van der Waals surface area contributed by atoms with Gasteiger partial charge in [-0.3, -0.25) is 0 Å². The van der Waals surface area contributed by atoms with Crippen LogP contribution in [0.15, 0.2) is 28.7 Å². The standard InChI is InChI=1S/C14H16BrN3O/c1-8-6-10(15)7-9(2)13(8)18-14-11(16)4-5-12(17-14)19-3/h4-7H,16H2,1-3H3,(H,17,18). The highest BCUT2D eigenvalue weighted by atomic mass is 79.9. The Morgan fingerprint density at radius 3 is 2.42 bits per heavy atom. The Kier molecular flexibility index (Phi) is 3.95. The molecular weight excluding hydrogens is 306 g/mol. The zero-order valence-corrected chi connectivity index (χ0v) is 12.7. The minimum atomic E-state index is 0.532. The van der Waals surface area contributed by atoms with Crippen molar-refractivity contribution in [2.75, 3.05) is 18.2 Å². The number of hydrogen-bond donors (Lipinski definition) is 2. The molecule has 2 rings (SSSR count).